The van der Waals surface area contributed by atoms with Crippen molar-refractivity contribution in [2.75, 3.05) is 11.9 Å². The average Bonchev–Trinajstić information content (AvgIpc) is 2.54. The molecule has 0 saturated carbocycles. The highest BCUT2D eigenvalue weighted by atomic mass is 16.2. The second-order valence-electron chi connectivity index (χ2n) is 5.12. The van der Waals surface area contributed by atoms with Crippen LogP contribution in [0.1, 0.15) is 15.9 Å². The molecule has 4 heteroatoms. The third-order valence-corrected chi connectivity index (χ3v) is 3.76. The van der Waals surface area contributed by atoms with Gasteiger partial charge in [0.1, 0.15) is 6.04 Å². The van der Waals surface area contributed by atoms with Gasteiger partial charge in [-0.3, -0.25) is 9.59 Å². The van der Waals surface area contributed by atoms with Crippen molar-refractivity contribution in [2.45, 2.75) is 12.5 Å². The van der Waals surface area contributed by atoms with Gasteiger partial charge in [-0.15, -0.1) is 0 Å². The normalized spacial score (nSPS) is 16.8. The number of likely N-dealkylation sites (N-methyl/N-ethyl adjacent to an activating group) is 1. The number of rotatable bonds is 2. The summed E-state index contributed by atoms with van der Waals surface area (Å²) in [5, 5.41) is 2.79. The van der Waals surface area contributed by atoms with Crippen LogP contribution in [0, 0.1) is 0 Å². The molecule has 0 saturated heterocycles. The van der Waals surface area contributed by atoms with Gasteiger partial charge in [-0.05, 0) is 23.8 Å². The van der Waals surface area contributed by atoms with Gasteiger partial charge < -0.3 is 10.2 Å². The Kier molecular flexibility index (Phi) is 3.44. The standard InChI is InChI=1S/C17H16N2O2/c1-19(13-8-3-2-4-9-13)17(21)15-11-12-7-5-6-10-14(12)16(20)18-15/h2-10,15H,11H2,1H3,(H,18,20). The van der Waals surface area contributed by atoms with Crippen molar-refractivity contribution in [3.05, 3.63) is 65.7 Å². The molecule has 1 heterocycles. The quantitative estimate of drug-likeness (QED) is 0.914. The first-order valence-corrected chi connectivity index (χ1v) is 6.88. The molecule has 0 aromatic heterocycles. The van der Waals surface area contributed by atoms with Gasteiger partial charge in [0, 0.05) is 24.7 Å². The van der Waals surface area contributed by atoms with Crippen molar-refractivity contribution >= 4 is 17.5 Å². The number of fused-ring (bicyclic) bond motifs is 1. The number of amides is 2. The van der Waals surface area contributed by atoms with Crippen LogP contribution >= 0.6 is 0 Å². The van der Waals surface area contributed by atoms with Gasteiger partial charge >= 0.3 is 0 Å². The molecule has 4 nitrogen and oxygen atoms in total. The third-order valence-electron chi connectivity index (χ3n) is 3.76. The first-order valence-electron chi connectivity index (χ1n) is 6.88. The first-order chi connectivity index (χ1) is 10.2. The summed E-state index contributed by atoms with van der Waals surface area (Å²) in [4.78, 5) is 26.2. The average molecular weight is 280 g/mol. The van der Waals surface area contributed by atoms with Gasteiger partial charge in [0.25, 0.3) is 5.91 Å². The molecule has 21 heavy (non-hydrogen) atoms. The Bertz CT molecular complexity index is 682. The molecule has 1 unspecified atom stereocenters. The van der Waals surface area contributed by atoms with Crippen molar-refractivity contribution < 1.29 is 9.59 Å². The van der Waals surface area contributed by atoms with Crippen LogP contribution in [0.3, 0.4) is 0 Å². The Labute approximate surface area is 123 Å². The highest BCUT2D eigenvalue weighted by Crippen LogP contribution is 2.19. The van der Waals surface area contributed by atoms with Crippen LogP contribution in [0.2, 0.25) is 0 Å². The fourth-order valence-electron chi connectivity index (χ4n) is 2.59. The second kappa shape index (κ2) is 5.40. The van der Waals surface area contributed by atoms with E-state index in [1.165, 1.54) is 0 Å². The number of nitrogens with zero attached hydrogens (tertiary/aromatic N) is 1. The summed E-state index contributed by atoms with van der Waals surface area (Å²) in [6, 6.07) is 16.3. The van der Waals surface area contributed by atoms with E-state index in [9.17, 15) is 9.59 Å². The molecule has 0 radical (unpaired) electrons. The number of carbonyl (C=O) groups is 2. The summed E-state index contributed by atoms with van der Waals surface area (Å²) in [6.45, 7) is 0. The SMILES string of the molecule is CN(C(=O)C1Cc2ccccc2C(=O)N1)c1ccccc1. The smallest absolute Gasteiger partial charge is 0.252 e. The van der Waals surface area contributed by atoms with Crippen molar-refractivity contribution in [1.82, 2.24) is 5.32 Å². The summed E-state index contributed by atoms with van der Waals surface area (Å²) in [7, 11) is 1.73. The Balaban J connectivity index is 1.83. The van der Waals surface area contributed by atoms with E-state index < -0.39 is 6.04 Å². The van der Waals surface area contributed by atoms with E-state index >= 15 is 0 Å². The van der Waals surface area contributed by atoms with Crippen LogP contribution in [-0.4, -0.2) is 24.9 Å². The largest absolute Gasteiger partial charge is 0.340 e. The molecule has 1 atom stereocenters. The predicted molar refractivity (Wildman–Crippen MR) is 81.3 cm³/mol. The fourth-order valence-corrected chi connectivity index (χ4v) is 2.59. The summed E-state index contributed by atoms with van der Waals surface area (Å²) in [6.07, 6.45) is 0.526. The lowest BCUT2D eigenvalue weighted by molar-refractivity contribution is -0.120. The van der Waals surface area contributed by atoms with Gasteiger partial charge in [-0.2, -0.15) is 0 Å². The zero-order chi connectivity index (χ0) is 14.8. The third kappa shape index (κ3) is 2.52. The minimum atomic E-state index is -0.516. The Morgan fingerprint density at radius 3 is 2.52 bits per heavy atom. The van der Waals surface area contributed by atoms with Crippen LogP contribution in [-0.2, 0) is 11.2 Å². The predicted octanol–water partition coefficient (Wildman–Crippen LogP) is 2.00. The van der Waals surface area contributed by atoms with Gasteiger partial charge in [-0.25, -0.2) is 0 Å². The molecule has 0 bridgehead atoms. The number of carbonyl (C=O) groups excluding carboxylic acids is 2. The highest BCUT2D eigenvalue weighted by Gasteiger charge is 2.30. The lowest BCUT2D eigenvalue weighted by Gasteiger charge is -2.28. The molecule has 0 fully saturated rings. The Morgan fingerprint density at radius 1 is 1.10 bits per heavy atom. The van der Waals surface area contributed by atoms with E-state index in [-0.39, 0.29) is 11.8 Å². The monoisotopic (exact) mass is 280 g/mol. The summed E-state index contributed by atoms with van der Waals surface area (Å²) in [5.41, 5.74) is 2.39. The van der Waals surface area contributed by atoms with Gasteiger partial charge in [0.05, 0.1) is 0 Å². The molecule has 3 rings (SSSR count). The van der Waals surface area contributed by atoms with E-state index in [0.717, 1.165) is 11.3 Å². The molecule has 2 aromatic rings. The molecule has 1 aliphatic heterocycles. The molecule has 1 N–H and O–H groups in total. The zero-order valence-electron chi connectivity index (χ0n) is 11.7. The lowest BCUT2D eigenvalue weighted by atomic mass is 9.94. The molecule has 0 aliphatic carbocycles. The summed E-state index contributed by atoms with van der Waals surface area (Å²) in [5.74, 6) is -0.291. The molecular formula is C17H16N2O2. The first kappa shape index (κ1) is 13.4. The zero-order valence-corrected chi connectivity index (χ0v) is 11.7. The van der Waals surface area contributed by atoms with Crippen molar-refractivity contribution in [3.63, 3.8) is 0 Å². The summed E-state index contributed by atoms with van der Waals surface area (Å²) < 4.78 is 0. The Morgan fingerprint density at radius 2 is 1.76 bits per heavy atom. The van der Waals surface area contributed by atoms with Gasteiger partial charge in [-0.1, -0.05) is 36.4 Å². The molecule has 106 valence electrons. The maximum atomic E-state index is 12.6. The van der Waals surface area contributed by atoms with Crippen LogP contribution in [0.25, 0.3) is 0 Å². The number of nitrogens with one attached hydrogen (secondary N) is 1. The molecule has 2 aromatic carbocycles. The highest BCUT2D eigenvalue weighted by molar-refractivity contribution is 6.04. The van der Waals surface area contributed by atoms with Crippen molar-refractivity contribution in [3.8, 4) is 0 Å². The number of hydrogen-bond acceptors (Lipinski definition) is 2. The number of para-hydroxylation sites is 1. The van der Waals surface area contributed by atoms with Gasteiger partial charge in [0.15, 0.2) is 0 Å². The molecular weight excluding hydrogens is 264 g/mol. The van der Waals surface area contributed by atoms with Crippen molar-refractivity contribution in [1.29, 1.82) is 0 Å². The van der Waals surface area contributed by atoms with E-state index in [1.807, 2.05) is 48.5 Å². The van der Waals surface area contributed by atoms with Crippen LogP contribution < -0.4 is 10.2 Å². The van der Waals surface area contributed by atoms with Crippen molar-refractivity contribution in [2.24, 2.45) is 0 Å². The second-order valence-corrected chi connectivity index (χ2v) is 5.12. The molecule has 1 aliphatic rings. The minimum Gasteiger partial charge on any atom is -0.340 e. The van der Waals surface area contributed by atoms with Gasteiger partial charge in [0.2, 0.25) is 5.91 Å². The fraction of sp³-hybridized carbons (Fsp3) is 0.176. The molecule has 2 amide bonds. The Hall–Kier alpha value is -2.62. The maximum absolute atomic E-state index is 12.6. The lowest BCUT2D eigenvalue weighted by Crippen LogP contribution is -2.51. The van der Waals surface area contributed by atoms with E-state index in [4.69, 9.17) is 0 Å². The number of hydrogen-bond donors (Lipinski definition) is 1. The summed E-state index contributed by atoms with van der Waals surface area (Å²) >= 11 is 0. The topological polar surface area (TPSA) is 49.4 Å². The molecule has 0 spiro atoms. The van der Waals surface area contributed by atoms with E-state index in [1.54, 1.807) is 18.0 Å². The number of benzene rings is 2. The van der Waals surface area contributed by atoms with Crippen LogP contribution in [0.4, 0.5) is 5.69 Å². The minimum absolute atomic E-state index is 0.107. The van der Waals surface area contributed by atoms with E-state index in [0.29, 0.717) is 12.0 Å². The van der Waals surface area contributed by atoms with E-state index in [2.05, 4.69) is 5.32 Å². The van der Waals surface area contributed by atoms with Crippen LogP contribution in [0.15, 0.2) is 54.6 Å². The number of anilines is 1. The van der Waals surface area contributed by atoms with Crippen LogP contribution in [0.5, 0.6) is 0 Å². The maximum Gasteiger partial charge on any atom is 0.252 e.